The van der Waals surface area contributed by atoms with Crippen LogP contribution >= 0.6 is 0 Å². The first kappa shape index (κ1) is 17.6. The van der Waals surface area contributed by atoms with Gasteiger partial charge in [-0.3, -0.25) is 9.98 Å². The van der Waals surface area contributed by atoms with Gasteiger partial charge >= 0.3 is 0 Å². The van der Waals surface area contributed by atoms with Crippen LogP contribution in [0.25, 0.3) is 5.82 Å². The van der Waals surface area contributed by atoms with Crippen LogP contribution in [0.4, 0.5) is 0 Å². The number of hydrogen-bond donors (Lipinski definition) is 2. The highest BCUT2D eigenvalue weighted by molar-refractivity contribution is 5.79. The second-order valence-corrected chi connectivity index (χ2v) is 5.96. The zero-order valence-electron chi connectivity index (χ0n) is 15.3. The minimum atomic E-state index is 0.621. The Hall–Kier alpha value is -3.22. The lowest BCUT2D eigenvalue weighted by Crippen LogP contribution is -2.36. The first-order valence-electron chi connectivity index (χ1n) is 8.48. The molecule has 0 fully saturated rings. The second kappa shape index (κ2) is 8.24. The molecule has 3 heterocycles. The fourth-order valence-electron chi connectivity index (χ4n) is 2.59. The van der Waals surface area contributed by atoms with Gasteiger partial charge in [0.2, 0.25) is 0 Å². The van der Waals surface area contributed by atoms with Crippen LogP contribution in [-0.2, 0) is 13.1 Å². The third-order valence-corrected chi connectivity index (χ3v) is 3.88. The summed E-state index contributed by atoms with van der Waals surface area (Å²) < 4.78 is 1.85. The van der Waals surface area contributed by atoms with Gasteiger partial charge in [0.05, 0.1) is 17.9 Å². The van der Waals surface area contributed by atoms with Crippen molar-refractivity contribution >= 4 is 5.96 Å². The Labute approximate surface area is 153 Å². The number of pyridine rings is 2. The van der Waals surface area contributed by atoms with Crippen molar-refractivity contribution in [3.63, 3.8) is 0 Å². The van der Waals surface area contributed by atoms with Crippen LogP contribution in [0.15, 0.2) is 53.8 Å². The Morgan fingerprint density at radius 2 is 1.92 bits per heavy atom. The molecule has 0 radical (unpaired) electrons. The lowest BCUT2D eigenvalue weighted by Gasteiger charge is -2.12. The van der Waals surface area contributed by atoms with Gasteiger partial charge in [-0.05, 0) is 43.7 Å². The summed E-state index contributed by atoms with van der Waals surface area (Å²) in [5.41, 5.74) is 4.08. The van der Waals surface area contributed by atoms with Crippen molar-refractivity contribution in [3.05, 3.63) is 71.4 Å². The molecule has 2 N–H and O–H groups in total. The van der Waals surface area contributed by atoms with E-state index in [0.29, 0.717) is 13.1 Å². The van der Waals surface area contributed by atoms with Crippen molar-refractivity contribution in [2.24, 2.45) is 4.99 Å². The highest BCUT2D eigenvalue weighted by Crippen LogP contribution is 2.10. The Morgan fingerprint density at radius 1 is 1.08 bits per heavy atom. The molecule has 0 saturated carbocycles. The van der Waals surface area contributed by atoms with E-state index in [2.05, 4.69) is 30.7 Å². The van der Waals surface area contributed by atoms with E-state index in [0.717, 1.165) is 34.4 Å². The number of aromatic nitrogens is 4. The number of nitrogens with zero attached hydrogens (tertiary/aromatic N) is 5. The summed E-state index contributed by atoms with van der Waals surface area (Å²) in [7, 11) is 1.75. The van der Waals surface area contributed by atoms with Gasteiger partial charge < -0.3 is 10.6 Å². The molecule has 0 aliphatic carbocycles. The van der Waals surface area contributed by atoms with Gasteiger partial charge in [0.1, 0.15) is 0 Å². The third kappa shape index (κ3) is 4.44. The molecule has 3 rings (SSSR count). The molecule has 7 nitrogen and oxygen atoms in total. The molecule has 0 bridgehead atoms. The summed E-state index contributed by atoms with van der Waals surface area (Å²) in [5, 5.41) is 11.0. The van der Waals surface area contributed by atoms with E-state index >= 15 is 0 Å². The number of hydrogen-bond acceptors (Lipinski definition) is 4. The Bertz CT molecular complexity index is 867. The molecule has 3 aromatic heterocycles. The average molecular weight is 349 g/mol. The van der Waals surface area contributed by atoms with E-state index in [9.17, 15) is 0 Å². The molecule has 7 heteroatoms. The van der Waals surface area contributed by atoms with Crippen molar-refractivity contribution in [3.8, 4) is 5.82 Å². The zero-order chi connectivity index (χ0) is 18.4. The molecule has 0 saturated heterocycles. The summed E-state index contributed by atoms with van der Waals surface area (Å²) in [5.74, 6) is 1.54. The predicted molar refractivity (Wildman–Crippen MR) is 102 cm³/mol. The molecule has 0 aliphatic rings. The third-order valence-electron chi connectivity index (χ3n) is 3.88. The van der Waals surface area contributed by atoms with E-state index in [1.54, 1.807) is 13.2 Å². The van der Waals surface area contributed by atoms with E-state index in [4.69, 9.17) is 0 Å². The van der Waals surface area contributed by atoms with Gasteiger partial charge in [0, 0.05) is 31.7 Å². The summed E-state index contributed by atoms with van der Waals surface area (Å²) in [6.07, 6.45) is 3.63. The SMILES string of the molecule is CN=C(NCc1ccc(-n2nc(C)cc2C)nc1)NCc1ccccn1. The van der Waals surface area contributed by atoms with Crippen LogP contribution in [0.5, 0.6) is 0 Å². The van der Waals surface area contributed by atoms with E-state index in [1.807, 2.05) is 61.1 Å². The van der Waals surface area contributed by atoms with Crippen molar-refractivity contribution in [1.82, 2.24) is 30.4 Å². The summed E-state index contributed by atoms with van der Waals surface area (Å²) in [4.78, 5) is 13.0. The number of aliphatic imine (C=N–C) groups is 1. The number of nitrogens with one attached hydrogen (secondary N) is 2. The van der Waals surface area contributed by atoms with Gasteiger partial charge in [-0.2, -0.15) is 5.10 Å². The Morgan fingerprint density at radius 3 is 2.54 bits per heavy atom. The van der Waals surface area contributed by atoms with Crippen molar-refractivity contribution in [2.45, 2.75) is 26.9 Å². The van der Waals surface area contributed by atoms with Crippen LogP contribution in [0.3, 0.4) is 0 Å². The van der Waals surface area contributed by atoms with Crippen molar-refractivity contribution in [2.75, 3.05) is 7.05 Å². The molecule has 0 aliphatic heterocycles. The second-order valence-electron chi connectivity index (χ2n) is 5.96. The van der Waals surface area contributed by atoms with Gasteiger partial charge in [0.25, 0.3) is 0 Å². The number of aryl methyl sites for hydroxylation is 2. The maximum atomic E-state index is 4.51. The summed E-state index contributed by atoms with van der Waals surface area (Å²) in [6.45, 7) is 5.25. The molecule has 0 atom stereocenters. The molecular weight excluding hydrogens is 326 g/mol. The number of guanidine groups is 1. The van der Waals surface area contributed by atoms with Gasteiger partial charge in [0.15, 0.2) is 11.8 Å². The molecule has 26 heavy (non-hydrogen) atoms. The normalized spacial score (nSPS) is 11.4. The van der Waals surface area contributed by atoms with Crippen molar-refractivity contribution < 1.29 is 0 Å². The maximum Gasteiger partial charge on any atom is 0.191 e. The minimum Gasteiger partial charge on any atom is -0.352 e. The van der Waals surface area contributed by atoms with Crippen molar-refractivity contribution in [1.29, 1.82) is 0 Å². The van der Waals surface area contributed by atoms with Gasteiger partial charge in [-0.25, -0.2) is 9.67 Å². The van der Waals surface area contributed by atoms with Crippen LogP contribution in [-0.4, -0.2) is 32.8 Å². The fraction of sp³-hybridized carbons (Fsp3) is 0.263. The predicted octanol–water partition coefficient (Wildman–Crippen LogP) is 2.14. The Balaban J connectivity index is 1.56. The monoisotopic (exact) mass is 349 g/mol. The molecule has 0 unspecified atom stereocenters. The zero-order valence-corrected chi connectivity index (χ0v) is 15.3. The molecule has 0 amide bonds. The standard InChI is InChI=1S/C19H23N7/c1-14-10-15(2)26(25-14)18-8-7-16(11-22-18)12-23-19(20-3)24-13-17-6-4-5-9-21-17/h4-11H,12-13H2,1-3H3,(H2,20,23,24). The van der Waals surface area contributed by atoms with E-state index < -0.39 is 0 Å². The topological polar surface area (TPSA) is 80.0 Å². The average Bonchev–Trinajstić information content (AvgIpc) is 3.01. The van der Waals surface area contributed by atoms with Crippen LogP contribution in [0.1, 0.15) is 22.6 Å². The van der Waals surface area contributed by atoms with Crippen LogP contribution in [0.2, 0.25) is 0 Å². The van der Waals surface area contributed by atoms with Gasteiger partial charge in [-0.1, -0.05) is 12.1 Å². The Kier molecular flexibility index (Phi) is 5.58. The lowest BCUT2D eigenvalue weighted by atomic mass is 10.3. The largest absolute Gasteiger partial charge is 0.352 e. The minimum absolute atomic E-state index is 0.621. The molecular formula is C19H23N7. The molecule has 0 aromatic carbocycles. The van der Waals surface area contributed by atoms with Crippen LogP contribution < -0.4 is 10.6 Å². The fourth-order valence-corrected chi connectivity index (χ4v) is 2.59. The first-order valence-corrected chi connectivity index (χ1v) is 8.48. The number of rotatable bonds is 5. The van der Waals surface area contributed by atoms with Crippen LogP contribution in [0, 0.1) is 13.8 Å². The molecule has 3 aromatic rings. The summed E-state index contributed by atoms with van der Waals surface area (Å²) in [6, 6.07) is 11.9. The highest BCUT2D eigenvalue weighted by atomic mass is 15.3. The first-order chi connectivity index (χ1) is 12.7. The molecule has 0 spiro atoms. The lowest BCUT2D eigenvalue weighted by molar-refractivity contribution is 0.783. The van der Waals surface area contributed by atoms with E-state index in [1.165, 1.54) is 0 Å². The maximum absolute atomic E-state index is 4.51. The highest BCUT2D eigenvalue weighted by Gasteiger charge is 2.05. The van der Waals surface area contributed by atoms with Gasteiger partial charge in [-0.15, -0.1) is 0 Å². The smallest absolute Gasteiger partial charge is 0.191 e. The quantitative estimate of drug-likeness (QED) is 0.545. The van der Waals surface area contributed by atoms with E-state index in [-0.39, 0.29) is 0 Å². The molecule has 134 valence electrons. The summed E-state index contributed by atoms with van der Waals surface area (Å²) >= 11 is 0.